The van der Waals surface area contributed by atoms with E-state index in [9.17, 15) is 15.3 Å². The van der Waals surface area contributed by atoms with Gasteiger partial charge in [-0.25, -0.2) is 0 Å². The van der Waals surface area contributed by atoms with E-state index in [1.807, 2.05) is 0 Å². The molecule has 2 aromatic rings. The predicted molar refractivity (Wildman–Crippen MR) is 83.8 cm³/mol. The van der Waals surface area contributed by atoms with Crippen LogP contribution in [0.2, 0.25) is 0 Å². The number of benzene rings is 2. The molecular weight excluding hydrogens is 444 g/mol. The first-order chi connectivity index (χ1) is 8.90. The quantitative estimate of drug-likeness (QED) is 0.620. The number of halogens is 3. The largest absolute Gasteiger partial charge is 0.507 e. The first kappa shape index (κ1) is 14.7. The average Bonchev–Trinajstić information content (AvgIpc) is 2.38. The highest BCUT2D eigenvalue weighted by Gasteiger charge is 2.14. The van der Waals surface area contributed by atoms with Crippen LogP contribution in [0.25, 0.3) is 0 Å². The van der Waals surface area contributed by atoms with E-state index in [0.29, 0.717) is 20.9 Å². The minimum absolute atomic E-state index is 0.00453. The summed E-state index contributed by atoms with van der Waals surface area (Å²) in [6.07, 6.45) is 0.474. The Morgan fingerprint density at radius 3 is 2.16 bits per heavy atom. The van der Waals surface area contributed by atoms with Crippen molar-refractivity contribution in [2.24, 2.45) is 0 Å². The van der Waals surface area contributed by atoms with Gasteiger partial charge in [-0.1, -0.05) is 6.07 Å². The Morgan fingerprint density at radius 1 is 0.842 bits per heavy atom. The molecule has 0 amide bonds. The molecule has 2 rings (SSSR count). The number of hydrogen-bond acceptors (Lipinski definition) is 3. The van der Waals surface area contributed by atoms with Crippen molar-refractivity contribution in [3.63, 3.8) is 0 Å². The summed E-state index contributed by atoms with van der Waals surface area (Å²) in [5, 5.41) is 29.1. The number of hydrogen-bond donors (Lipinski definition) is 3. The van der Waals surface area contributed by atoms with Gasteiger partial charge in [0.25, 0.3) is 0 Å². The summed E-state index contributed by atoms with van der Waals surface area (Å²) < 4.78 is 1.36. The number of phenols is 3. The second kappa shape index (κ2) is 5.73. The third kappa shape index (κ3) is 3.07. The first-order valence-corrected chi connectivity index (χ1v) is 7.64. The van der Waals surface area contributed by atoms with Crippen molar-refractivity contribution in [1.29, 1.82) is 0 Å². The maximum absolute atomic E-state index is 10.00. The van der Waals surface area contributed by atoms with Gasteiger partial charge >= 0.3 is 0 Å². The zero-order valence-corrected chi connectivity index (χ0v) is 14.3. The standard InChI is InChI=1S/C13H9Br3O3/c14-8-4-6(1-2-10(8)17)3-7-5-9(15)13(19)11(16)12(7)18/h1-2,4-5,17-19H,3H2. The predicted octanol–water partition coefficient (Wildman–Crippen LogP) is 4.68. The minimum Gasteiger partial charge on any atom is -0.507 e. The van der Waals surface area contributed by atoms with Crippen LogP contribution < -0.4 is 0 Å². The van der Waals surface area contributed by atoms with E-state index in [1.165, 1.54) is 0 Å². The van der Waals surface area contributed by atoms with Crippen molar-refractivity contribution in [3.8, 4) is 17.2 Å². The summed E-state index contributed by atoms with van der Waals surface area (Å²) in [5.41, 5.74) is 1.58. The van der Waals surface area contributed by atoms with Gasteiger partial charge < -0.3 is 15.3 Å². The van der Waals surface area contributed by atoms with Crippen LogP contribution in [0, 0.1) is 0 Å². The molecule has 19 heavy (non-hydrogen) atoms. The average molecular weight is 453 g/mol. The molecular formula is C13H9Br3O3. The monoisotopic (exact) mass is 450 g/mol. The maximum Gasteiger partial charge on any atom is 0.147 e. The van der Waals surface area contributed by atoms with Crippen LogP contribution >= 0.6 is 47.8 Å². The van der Waals surface area contributed by atoms with Gasteiger partial charge in [0, 0.05) is 12.0 Å². The normalized spacial score (nSPS) is 10.7. The summed E-state index contributed by atoms with van der Waals surface area (Å²) in [6, 6.07) is 6.80. The SMILES string of the molecule is Oc1ccc(Cc2cc(Br)c(O)c(Br)c2O)cc1Br. The Kier molecular flexibility index (Phi) is 4.43. The molecule has 0 aliphatic rings. The fourth-order valence-electron chi connectivity index (χ4n) is 1.66. The van der Waals surface area contributed by atoms with E-state index in [0.717, 1.165) is 5.56 Å². The minimum atomic E-state index is -0.0341. The van der Waals surface area contributed by atoms with Crippen LogP contribution in [0.5, 0.6) is 17.2 Å². The third-order valence-corrected chi connectivity index (χ3v) is 4.64. The number of aromatic hydroxyl groups is 3. The Bertz CT molecular complexity index is 642. The molecule has 0 atom stereocenters. The van der Waals surface area contributed by atoms with Crippen molar-refractivity contribution >= 4 is 47.8 Å². The van der Waals surface area contributed by atoms with E-state index < -0.39 is 0 Å². The lowest BCUT2D eigenvalue weighted by Gasteiger charge is -2.10. The Morgan fingerprint density at radius 2 is 1.53 bits per heavy atom. The number of phenolic OH excluding ortho intramolecular Hbond substituents is 3. The van der Waals surface area contributed by atoms with E-state index in [-0.39, 0.29) is 21.7 Å². The van der Waals surface area contributed by atoms with Crippen molar-refractivity contribution < 1.29 is 15.3 Å². The van der Waals surface area contributed by atoms with Crippen molar-refractivity contribution in [2.45, 2.75) is 6.42 Å². The van der Waals surface area contributed by atoms with Gasteiger partial charge in [-0.3, -0.25) is 0 Å². The van der Waals surface area contributed by atoms with Crippen LogP contribution in [-0.2, 0) is 6.42 Å². The summed E-state index contributed by atoms with van der Waals surface area (Å²) in [6.45, 7) is 0. The fraction of sp³-hybridized carbons (Fsp3) is 0.0769. The highest BCUT2D eigenvalue weighted by Crippen LogP contribution is 2.42. The molecule has 0 heterocycles. The third-order valence-electron chi connectivity index (χ3n) is 2.65. The van der Waals surface area contributed by atoms with Crippen LogP contribution in [0.3, 0.4) is 0 Å². The van der Waals surface area contributed by atoms with Crippen LogP contribution in [0.4, 0.5) is 0 Å². The van der Waals surface area contributed by atoms with Gasteiger partial charge in [-0.15, -0.1) is 0 Å². The second-order valence-corrected chi connectivity index (χ2v) is 6.49. The van der Waals surface area contributed by atoms with E-state index in [4.69, 9.17) is 0 Å². The Labute approximate surface area is 135 Å². The second-order valence-electron chi connectivity index (χ2n) is 3.99. The van der Waals surface area contributed by atoms with Gasteiger partial charge in [-0.2, -0.15) is 0 Å². The van der Waals surface area contributed by atoms with Crippen LogP contribution in [-0.4, -0.2) is 15.3 Å². The zero-order valence-electron chi connectivity index (χ0n) is 9.49. The molecule has 3 N–H and O–H groups in total. The lowest BCUT2D eigenvalue weighted by Crippen LogP contribution is -1.91. The summed E-state index contributed by atoms with van der Waals surface area (Å²) >= 11 is 9.62. The van der Waals surface area contributed by atoms with Crippen molar-refractivity contribution in [2.75, 3.05) is 0 Å². The van der Waals surface area contributed by atoms with Crippen molar-refractivity contribution in [1.82, 2.24) is 0 Å². The van der Waals surface area contributed by atoms with E-state index in [1.54, 1.807) is 24.3 Å². The number of rotatable bonds is 2. The van der Waals surface area contributed by atoms with Crippen LogP contribution in [0.15, 0.2) is 37.7 Å². The molecule has 0 aliphatic carbocycles. The first-order valence-electron chi connectivity index (χ1n) is 5.26. The molecule has 3 nitrogen and oxygen atoms in total. The molecule has 6 heteroatoms. The zero-order chi connectivity index (χ0) is 14.2. The molecule has 0 unspecified atom stereocenters. The van der Waals surface area contributed by atoms with Gasteiger partial charge in [0.1, 0.15) is 21.7 Å². The maximum atomic E-state index is 10.00. The summed E-state index contributed by atoms with van der Waals surface area (Å²) in [7, 11) is 0. The van der Waals surface area contributed by atoms with E-state index in [2.05, 4.69) is 47.8 Å². The summed E-state index contributed by atoms with van der Waals surface area (Å²) in [5.74, 6) is 0.138. The molecule has 100 valence electrons. The van der Waals surface area contributed by atoms with Gasteiger partial charge in [-0.05, 0) is 71.6 Å². The molecule has 0 aliphatic heterocycles. The highest BCUT2D eigenvalue weighted by atomic mass is 79.9. The molecule has 0 bridgehead atoms. The molecule has 0 saturated carbocycles. The molecule has 0 saturated heterocycles. The summed E-state index contributed by atoms with van der Waals surface area (Å²) in [4.78, 5) is 0. The lowest BCUT2D eigenvalue weighted by molar-refractivity contribution is 0.438. The molecule has 2 aromatic carbocycles. The van der Waals surface area contributed by atoms with E-state index >= 15 is 0 Å². The van der Waals surface area contributed by atoms with Gasteiger partial charge in [0.15, 0.2) is 0 Å². The molecule has 0 spiro atoms. The molecule has 0 fully saturated rings. The van der Waals surface area contributed by atoms with Crippen molar-refractivity contribution in [3.05, 3.63) is 48.8 Å². The smallest absolute Gasteiger partial charge is 0.147 e. The fourth-order valence-corrected chi connectivity index (χ4v) is 3.30. The van der Waals surface area contributed by atoms with Gasteiger partial charge in [0.05, 0.1) is 8.95 Å². The molecule has 0 radical (unpaired) electrons. The Hall–Kier alpha value is -0.720. The highest BCUT2D eigenvalue weighted by molar-refractivity contribution is 9.11. The van der Waals surface area contributed by atoms with Crippen LogP contribution in [0.1, 0.15) is 11.1 Å². The Balaban J connectivity index is 2.41. The topological polar surface area (TPSA) is 60.7 Å². The lowest BCUT2D eigenvalue weighted by atomic mass is 10.0. The van der Waals surface area contributed by atoms with Gasteiger partial charge in [0.2, 0.25) is 0 Å². The molecule has 0 aromatic heterocycles.